The van der Waals surface area contributed by atoms with Gasteiger partial charge in [-0.2, -0.15) is 12.8 Å². The van der Waals surface area contributed by atoms with Crippen LogP contribution in [0.4, 0.5) is 0 Å². The number of nitrogens with zero attached hydrogens (tertiary/aromatic N) is 1. The largest absolute Gasteiger partial charge is 0.328 e. The van der Waals surface area contributed by atoms with E-state index in [2.05, 4.69) is 26.8 Å². The molecule has 1 aliphatic carbocycles. The van der Waals surface area contributed by atoms with Crippen molar-refractivity contribution in [1.82, 2.24) is 4.90 Å². The van der Waals surface area contributed by atoms with Crippen LogP contribution in [0.2, 0.25) is 0 Å². The molecule has 1 saturated heterocycles. The van der Waals surface area contributed by atoms with Gasteiger partial charge in [0, 0.05) is 32.7 Å². The molecule has 0 aromatic rings. The maximum absolute atomic E-state index is 12.2. The molecule has 3 heteroatoms. The number of amides is 1. The molecule has 0 aromatic heterocycles. The molecule has 3 aliphatic rings. The Bertz CT molecular complexity index is 462. The van der Waals surface area contributed by atoms with Gasteiger partial charge >= 0.3 is 0 Å². The fourth-order valence-electron chi connectivity index (χ4n) is 4.26. The number of hydrogen-bond donors (Lipinski definition) is 0. The quantitative estimate of drug-likeness (QED) is 0.371. The number of carbonyl (C=O) groups is 1. The van der Waals surface area contributed by atoms with Gasteiger partial charge in [-0.25, -0.2) is 0 Å². The van der Waals surface area contributed by atoms with E-state index in [4.69, 9.17) is 0 Å². The minimum absolute atomic E-state index is 0. The summed E-state index contributed by atoms with van der Waals surface area (Å²) < 4.78 is 0. The molecule has 110 valence electrons. The van der Waals surface area contributed by atoms with Gasteiger partial charge in [-0.15, -0.1) is 0 Å². The van der Waals surface area contributed by atoms with E-state index >= 15 is 0 Å². The maximum Gasteiger partial charge on any atom is 0.236 e. The van der Waals surface area contributed by atoms with Crippen molar-refractivity contribution in [1.29, 1.82) is 0 Å². The SMILES string of the molecule is C=C(C)[C@H]1C(=O)N2C(C)=C(C[C@H]3C[CH-]CC3)[C@H](C)[C@H]12.[W]. The van der Waals surface area contributed by atoms with Gasteiger partial charge in [0.2, 0.25) is 5.91 Å². The smallest absolute Gasteiger partial charge is 0.236 e. The molecular weight excluding hydrogens is 418 g/mol. The van der Waals surface area contributed by atoms with Crippen LogP contribution in [-0.2, 0) is 25.9 Å². The Morgan fingerprint density at radius 1 is 1.50 bits per heavy atom. The molecule has 2 fully saturated rings. The third-order valence-electron chi connectivity index (χ3n) is 5.35. The van der Waals surface area contributed by atoms with Gasteiger partial charge in [-0.1, -0.05) is 31.4 Å². The summed E-state index contributed by atoms with van der Waals surface area (Å²) in [7, 11) is 0. The van der Waals surface area contributed by atoms with E-state index in [1.165, 1.54) is 37.0 Å². The van der Waals surface area contributed by atoms with Crippen molar-refractivity contribution < 1.29 is 25.9 Å². The van der Waals surface area contributed by atoms with Gasteiger partial charge in [0.1, 0.15) is 0 Å². The van der Waals surface area contributed by atoms with Gasteiger partial charge in [-0.05, 0) is 25.8 Å². The molecule has 0 bridgehead atoms. The number of β-lactam (4-membered cyclic amide) rings is 1. The fraction of sp³-hybridized carbons (Fsp3) is 0.647. The molecule has 0 aromatic carbocycles. The predicted molar refractivity (Wildman–Crippen MR) is 77.1 cm³/mol. The second kappa shape index (κ2) is 5.79. The molecule has 0 unspecified atom stereocenters. The second-order valence-electron chi connectivity index (χ2n) is 6.59. The van der Waals surface area contributed by atoms with Crippen LogP contribution < -0.4 is 0 Å². The van der Waals surface area contributed by atoms with Crippen LogP contribution in [0, 0.1) is 24.2 Å². The zero-order valence-electron chi connectivity index (χ0n) is 12.7. The normalized spacial score (nSPS) is 35.8. The van der Waals surface area contributed by atoms with Gasteiger partial charge in [0.05, 0.1) is 12.0 Å². The van der Waals surface area contributed by atoms with Crippen LogP contribution in [0.15, 0.2) is 23.4 Å². The molecule has 2 aliphatic heterocycles. The van der Waals surface area contributed by atoms with E-state index in [1.807, 2.05) is 11.8 Å². The number of hydrogen-bond acceptors (Lipinski definition) is 1. The van der Waals surface area contributed by atoms with E-state index in [-0.39, 0.29) is 32.9 Å². The topological polar surface area (TPSA) is 20.3 Å². The van der Waals surface area contributed by atoms with Gasteiger partial charge < -0.3 is 11.3 Å². The van der Waals surface area contributed by atoms with E-state index in [0.717, 1.165) is 11.5 Å². The monoisotopic (exact) mass is 442 g/mol. The first-order valence-electron chi connectivity index (χ1n) is 7.52. The molecule has 0 N–H and O–H groups in total. The van der Waals surface area contributed by atoms with Crippen LogP contribution in [0.3, 0.4) is 0 Å². The standard InChI is InChI=1S/C17H24NO.W/c1-10(2)15-16-11(3)14(9-13-7-5-6-8-13)12(4)18(16)17(15)19;/h5,11,13,15-16H,1,6-9H2,2-4H3;/q-1;/t11-,13-,15+,16+;/m0./s1. The van der Waals surface area contributed by atoms with Crippen LogP contribution >= 0.6 is 0 Å². The third kappa shape index (κ3) is 2.24. The van der Waals surface area contributed by atoms with Gasteiger partial charge in [0.25, 0.3) is 0 Å². The number of allylic oxidation sites excluding steroid dienone is 1. The third-order valence-corrected chi connectivity index (χ3v) is 5.35. The Hall–Kier alpha value is -0.362. The van der Waals surface area contributed by atoms with Crippen molar-refractivity contribution in [3.05, 3.63) is 29.8 Å². The average molecular weight is 442 g/mol. The zero-order valence-corrected chi connectivity index (χ0v) is 15.6. The molecule has 20 heavy (non-hydrogen) atoms. The summed E-state index contributed by atoms with van der Waals surface area (Å²) >= 11 is 0. The summed E-state index contributed by atoms with van der Waals surface area (Å²) in [5.41, 5.74) is 3.80. The van der Waals surface area contributed by atoms with E-state index < -0.39 is 0 Å². The summed E-state index contributed by atoms with van der Waals surface area (Å²) in [5, 5.41) is 0. The van der Waals surface area contributed by atoms with Crippen molar-refractivity contribution in [2.24, 2.45) is 17.8 Å². The molecule has 0 radical (unpaired) electrons. The zero-order chi connectivity index (χ0) is 13.7. The number of fused-ring (bicyclic) bond motifs is 1. The Labute approximate surface area is 136 Å². The first-order chi connectivity index (χ1) is 9.02. The van der Waals surface area contributed by atoms with Crippen LogP contribution in [-0.4, -0.2) is 16.8 Å². The maximum atomic E-state index is 12.2. The Kier molecular flexibility index (Phi) is 4.64. The Morgan fingerprint density at radius 2 is 2.20 bits per heavy atom. The minimum Gasteiger partial charge on any atom is -0.328 e. The van der Waals surface area contributed by atoms with Crippen molar-refractivity contribution in [2.45, 2.75) is 52.5 Å². The first-order valence-corrected chi connectivity index (χ1v) is 7.52. The molecule has 0 spiro atoms. The van der Waals surface area contributed by atoms with E-state index in [0.29, 0.717) is 12.0 Å². The fourth-order valence-corrected chi connectivity index (χ4v) is 4.26. The first kappa shape index (κ1) is 16.0. The van der Waals surface area contributed by atoms with Crippen LogP contribution in [0.5, 0.6) is 0 Å². The van der Waals surface area contributed by atoms with Gasteiger partial charge in [-0.3, -0.25) is 4.79 Å². The summed E-state index contributed by atoms with van der Waals surface area (Å²) in [4.78, 5) is 14.3. The number of carbonyl (C=O) groups excluding carboxylic acids is 1. The van der Waals surface area contributed by atoms with Crippen LogP contribution in [0.25, 0.3) is 0 Å². The van der Waals surface area contributed by atoms with Crippen molar-refractivity contribution in [3.8, 4) is 0 Å². The molecule has 2 heterocycles. The second-order valence-corrected chi connectivity index (χ2v) is 6.59. The Balaban J connectivity index is 0.00000147. The van der Waals surface area contributed by atoms with Crippen LogP contribution in [0.1, 0.15) is 46.5 Å². The molecule has 3 rings (SSSR count). The molecule has 2 nitrogen and oxygen atoms in total. The van der Waals surface area contributed by atoms with E-state index in [1.54, 1.807) is 0 Å². The summed E-state index contributed by atoms with van der Waals surface area (Å²) in [6, 6.07) is 0.366. The predicted octanol–water partition coefficient (Wildman–Crippen LogP) is 3.71. The van der Waals surface area contributed by atoms with Crippen molar-refractivity contribution in [2.75, 3.05) is 0 Å². The average Bonchev–Trinajstić information content (AvgIpc) is 2.89. The molecule has 1 amide bonds. The summed E-state index contributed by atoms with van der Waals surface area (Å²) in [6.45, 7) is 10.4. The van der Waals surface area contributed by atoms with Gasteiger partial charge in [0.15, 0.2) is 0 Å². The molecule has 1 saturated carbocycles. The minimum atomic E-state index is 0. The summed E-state index contributed by atoms with van der Waals surface area (Å²) in [6.07, 6.45) is 7.45. The molecule has 4 atom stereocenters. The summed E-state index contributed by atoms with van der Waals surface area (Å²) in [5.74, 6) is 1.66. The van der Waals surface area contributed by atoms with Crippen molar-refractivity contribution in [3.63, 3.8) is 0 Å². The van der Waals surface area contributed by atoms with E-state index in [9.17, 15) is 4.79 Å². The molecular formula is C17H24NOW-. The Morgan fingerprint density at radius 3 is 2.75 bits per heavy atom. The van der Waals surface area contributed by atoms with Crippen molar-refractivity contribution >= 4 is 5.91 Å². The number of rotatable bonds is 3.